The van der Waals surface area contributed by atoms with Crippen molar-refractivity contribution in [3.8, 4) is 0 Å². The van der Waals surface area contributed by atoms with Crippen molar-refractivity contribution < 1.29 is 18.3 Å². The van der Waals surface area contributed by atoms with Gasteiger partial charge in [-0.25, -0.2) is 0 Å². The van der Waals surface area contributed by atoms with Gasteiger partial charge in [-0.1, -0.05) is 23.2 Å². The van der Waals surface area contributed by atoms with Crippen molar-refractivity contribution in [2.45, 2.75) is 12.8 Å². The molecule has 0 bridgehead atoms. The monoisotopic (exact) mass is 352 g/mol. The Balaban J connectivity index is 2.14. The predicted molar refractivity (Wildman–Crippen MR) is 80.9 cm³/mol. The van der Waals surface area contributed by atoms with Gasteiger partial charge in [0.05, 0.1) is 21.7 Å². The first-order valence-electron chi connectivity index (χ1n) is 6.25. The first-order chi connectivity index (χ1) is 9.79. The van der Waals surface area contributed by atoms with Crippen LogP contribution in [-0.2, 0) is 15.0 Å². The fourth-order valence-corrected chi connectivity index (χ4v) is 3.73. The number of rotatable bonds is 4. The molecule has 0 aromatic heterocycles. The third-order valence-electron chi connectivity index (χ3n) is 3.24. The highest BCUT2D eigenvalue weighted by molar-refractivity contribution is 7.90. The molecule has 1 atom stereocenters. The zero-order valence-corrected chi connectivity index (χ0v) is 13.2. The van der Waals surface area contributed by atoms with Crippen molar-refractivity contribution in [2.75, 3.05) is 17.8 Å². The fourth-order valence-electron chi connectivity index (χ4n) is 2.14. The second kappa shape index (κ2) is 6.39. The van der Waals surface area contributed by atoms with Crippen LogP contribution < -0.4 is 4.72 Å². The van der Waals surface area contributed by atoms with Crippen LogP contribution in [0.1, 0.15) is 12.8 Å². The number of carboxylic acid groups (broad SMARTS) is 1. The lowest BCUT2D eigenvalue weighted by molar-refractivity contribution is -0.142. The maximum absolute atomic E-state index is 12.3. The van der Waals surface area contributed by atoms with E-state index in [-0.39, 0.29) is 17.3 Å². The van der Waals surface area contributed by atoms with E-state index in [4.69, 9.17) is 28.3 Å². The number of carboxylic acids is 1. The molecule has 9 heteroatoms. The van der Waals surface area contributed by atoms with E-state index in [2.05, 4.69) is 4.72 Å². The molecule has 2 rings (SSSR count). The maximum Gasteiger partial charge on any atom is 0.307 e. The Morgan fingerprint density at radius 2 is 2.05 bits per heavy atom. The van der Waals surface area contributed by atoms with Crippen LogP contribution in [0.4, 0.5) is 5.69 Å². The highest BCUT2D eigenvalue weighted by Gasteiger charge is 2.32. The molecule has 1 saturated heterocycles. The highest BCUT2D eigenvalue weighted by atomic mass is 35.5. The molecule has 0 amide bonds. The van der Waals surface area contributed by atoms with Crippen molar-refractivity contribution >= 4 is 45.1 Å². The van der Waals surface area contributed by atoms with E-state index in [1.165, 1.54) is 18.2 Å². The van der Waals surface area contributed by atoms with E-state index in [9.17, 15) is 13.2 Å². The Labute approximate surface area is 132 Å². The number of piperidine rings is 1. The van der Waals surface area contributed by atoms with Gasteiger partial charge in [-0.3, -0.25) is 9.52 Å². The number of benzene rings is 1. The van der Waals surface area contributed by atoms with Crippen LogP contribution in [0.2, 0.25) is 10.0 Å². The van der Waals surface area contributed by atoms with Crippen molar-refractivity contribution in [2.24, 2.45) is 5.92 Å². The van der Waals surface area contributed by atoms with E-state index in [0.29, 0.717) is 24.4 Å². The molecule has 0 aliphatic carbocycles. The molecular weight excluding hydrogens is 339 g/mol. The standard InChI is InChI=1S/C12H14Cl2N2O4S/c13-10-4-3-9(6-11(10)14)15-21(19,20)16-5-1-2-8(7-16)12(17)18/h3-4,6,8,15H,1-2,5,7H2,(H,17,18). The first-order valence-corrected chi connectivity index (χ1v) is 8.45. The SMILES string of the molecule is O=C(O)C1CCCN(S(=O)(=O)Nc2ccc(Cl)c(Cl)c2)C1. The molecule has 2 N–H and O–H groups in total. The van der Waals surface area contributed by atoms with Gasteiger partial charge >= 0.3 is 16.2 Å². The number of nitrogens with zero attached hydrogens (tertiary/aromatic N) is 1. The van der Waals surface area contributed by atoms with Gasteiger partial charge in [-0.05, 0) is 31.0 Å². The lowest BCUT2D eigenvalue weighted by atomic mass is 10.0. The van der Waals surface area contributed by atoms with E-state index < -0.39 is 22.1 Å². The minimum atomic E-state index is -3.81. The summed E-state index contributed by atoms with van der Waals surface area (Å²) in [5.41, 5.74) is 0.279. The maximum atomic E-state index is 12.3. The topological polar surface area (TPSA) is 86.7 Å². The lowest BCUT2D eigenvalue weighted by Gasteiger charge is -2.29. The number of hydrogen-bond acceptors (Lipinski definition) is 3. The van der Waals surface area contributed by atoms with Crippen LogP contribution in [0.25, 0.3) is 0 Å². The molecule has 6 nitrogen and oxygen atoms in total. The molecule has 1 fully saturated rings. The van der Waals surface area contributed by atoms with E-state index in [1.807, 2.05) is 0 Å². The largest absolute Gasteiger partial charge is 0.481 e. The molecule has 0 radical (unpaired) electrons. The summed E-state index contributed by atoms with van der Waals surface area (Å²) in [5, 5.41) is 9.56. The predicted octanol–water partition coefficient (Wildman–Crippen LogP) is 2.45. The molecule has 1 aromatic carbocycles. The summed E-state index contributed by atoms with van der Waals surface area (Å²) in [6.07, 6.45) is 0.993. The van der Waals surface area contributed by atoms with Gasteiger partial charge in [0.25, 0.3) is 0 Å². The molecule has 21 heavy (non-hydrogen) atoms. The second-order valence-electron chi connectivity index (χ2n) is 4.77. The molecule has 1 unspecified atom stereocenters. The quantitative estimate of drug-likeness (QED) is 0.871. The molecule has 1 heterocycles. The smallest absolute Gasteiger partial charge is 0.307 e. The Morgan fingerprint density at radius 1 is 1.33 bits per heavy atom. The van der Waals surface area contributed by atoms with Crippen LogP contribution in [0.5, 0.6) is 0 Å². The Hall–Kier alpha value is -1.02. The molecule has 1 aliphatic heterocycles. The average molecular weight is 353 g/mol. The van der Waals surface area contributed by atoms with Crippen LogP contribution in [0.15, 0.2) is 18.2 Å². The Kier molecular flexibility index (Phi) is 4.98. The zero-order valence-electron chi connectivity index (χ0n) is 10.9. The number of halogens is 2. The normalized spacial score (nSPS) is 20.2. The third-order valence-corrected chi connectivity index (χ3v) is 5.48. The third kappa shape index (κ3) is 4.00. The minimum absolute atomic E-state index is 0.0357. The van der Waals surface area contributed by atoms with Gasteiger partial charge in [0.1, 0.15) is 0 Å². The lowest BCUT2D eigenvalue weighted by Crippen LogP contribution is -2.44. The number of carbonyl (C=O) groups is 1. The van der Waals surface area contributed by atoms with E-state index in [0.717, 1.165) is 4.31 Å². The van der Waals surface area contributed by atoms with Gasteiger partial charge in [0, 0.05) is 13.1 Å². The van der Waals surface area contributed by atoms with Gasteiger partial charge in [-0.2, -0.15) is 12.7 Å². The molecular formula is C12H14Cl2N2O4S. The number of aliphatic carboxylic acids is 1. The molecule has 0 spiro atoms. The van der Waals surface area contributed by atoms with Gasteiger partial charge < -0.3 is 5.11 Å². The second-order valence-corrected chi connectivity index (χ2v) is 7.26. The first kappa shape index (κ1) is 16.4. The summed E-state index contributed by atoms with van der Waals surface area (Å²) in [6.45, 7) is 0.256. The van der Waals surface area contributed by atoms with Crippen LogP contribution >= 0.6 is 23.2 Å². The molecule has 0 saturated carbocycles. The zero-order chi connectivity index (χ0) is 15.6. The van der Waals surface area contributed by atoms with Gasteiger partial charge in [0.2, 0.25) is 0 Å². The average Bonchev–Trinajstić information content (AvgIpc) is 2.43. The molecule has 1 aliphatic rings. The minimum Gasteiger partial charge on any atom is -0.481 e. The number of nitrogens with one attached hydrogen (secondary N) is 1. The number of hydrogen-bond donors (Lipinski definition) is 2. The Morgan fingerprint density at radius 3 is 2.67 bits per heavy atom. The summed E-state index contributed by atoms with van der Waals surface area (Å²) < 4.78 is 28.0. The summed E-state index contributed by atoms with van der Waals surface area (Å²) in [6, 6.07) is 4.38. The van der Waals surface area contributed by atoms with Crippen LogP contribution in [-0.4, -0.2) is 36.9 Å². The van der Waals surface area contributed by atoms with E-state index in [1.54, 1.807) is 0 Å². The van der Waals surface area contributed by atoms with Crippen molar-refractivity contribution in [3.63, 3.8) is 0 Å². The molecule has 1 aromatic rings. The molecule has 116 valence electrons. The summed E-state index contributed by atoms with van der Waals surface area (Å²) in [5.74, 6) is -1.66. The van der Waals surface area contributed by atoms with Crippen molar-refractivity contribution in [3.05, 3.63) is 28.2 Å². The van der Waals surface area contributed by atoms with Crippen molar-refractivity contribution in [1.82, 2.24) is 4.31 Å². The van der Waals surface area contributed by atoms with Crippen LogP contribution in [0.3, 0.4) is 0 Å². The summed E-state index contributed by atoms with van der Waals surface area (Å²) in [7, 11) is -3.81. The highest BCUT2D eigenvalue weighted by Crippen LogP contribution is 2.27. The Bertz CT molecular complexity index is 651. The van der Waals surface area contributed by atoms with E-state index >= 15 is 0 Å². The number of anilines is 1. The van der Waals surface area contributed by atoms with Crippen molar-refractivity contribution in [1.29, 1.82) is 0 Å². The fraction of sp³-hybridized carbons (Fsp3) is 0.417. The van der Waals surface area contributed by atoms with Gasteiger partial charge in [0.15, 0.2) is 0 Å². The van der Waals surface area contributed by atoms with Gasteiger partial charge in [-0.15, -0.1) is 0 Å². The summed E-state index contributed by atoms with van der Waals surface area (Å²) >= 11 is 11.6. The van der Waals surface area contributed by atoms with Crippen LogP contribution in [0, 0.1) is 5.92 Å². The summed E-state index contributed by atoms with van der Waals surface area (Å²) in [4.78, 5) is 11.0.